The molecule has 0 N–H and O–H groups in total. The van der Waals surface area contributed by atoms with Crippen molar-refractivity contribution in [1.82, 2.24) is 4.90 Å². The van der Waals surface area contributed by atoms with Gasteiger partial charge in [-0.2, -0.15) is 0 Å². The summed E-state index contributed by atoms with van der Waals surface area (Å²) in [5.74, 6) is 0.101. The molecule has 1 aliphatic rings. The standard InChI is InChI=1S/C18H28N2O2/c1-13-8-6-9-14(2)17(13)20(12-15(3)19(4)5)18(21)16-10-7-11-22-16/h6,8-9,15-16H,7,10-12H2,1-5H3/t15?,16-/m1/s1. The molecule has 1 aromatic rings. The highest BCUT2D eigenvalue weighted by molar-refractivity contribution is 5.98. The van der Waals surface area contributed by atoms with Gasteiger partial charge in [0, 0.05) is 24.9 Å². The zero-order valence-corrected chi connectivity index (χ0v) is 14.4. The Hall–Kier alpha value is -1.39. The Morgan fingerprint density at radius 3 is 2.45 bits per heavy atom. The zero-order valence-electron chi connectivity index (χ0n) is 14.4. The summed E-state index contributed by atoms with van der Waals surface area (Å²) in [5, 5.41) is 0. The third kappa shape index (κ3) is 3.68. The minimum Gasteiger partial charge on any atom is -0.368 e. The molecule has 0 bridgehead atoms. The lowest BCUT2D eigenvalue weighted by Crippen LogP contribution is -2.46. The Kier molecular flexibility index (Phi) is 5.59. The van der Waals surface area contributed by atoms with Crippen molar-refractivity contribution in [3.8, 4) is 0 Å². The first kappa shape index (κ1) is 17.0. The molecule has 1 saturated heterocycles. The van der Waals surface area contributed by atoms with Crippen LogP contribution in [0.5, 0.6) is 0 Å². The number of likely N-dealkylation sites (N-methyl/N-ethyl adjacent to an activating group) is 1. The van der Waals surface area contributed by atoms with Crippen LogP contribution in [0.4, 0.5) is 5.69 Å². The van der Waals surface area contributed by atoms with Crippen LogP contribution in [0.15, 0.2) is 18.2 Å². The molecular formula is C18H28N2O2. The number of hydrogen-bond acceptors (Lipinski definition) is 3. The molecule has 0 saturated carbocycles. The normalized spacial score (nSPS) is 19.5. The Morgan fingerprint density at radius 2 is 1.95 bits per heavy atom. The fourth-order valence-corrected chi connectivity index (χ4v) is 2.90. The zero-order chi connectivity index (χ0) is 16.3. The van der Waals surface area contributed by atoms with Gasteiger partial charge in [0.05, 0.1) is 0 Å². The predicted octanol–water partition coefficient (Wildman–Crippen LogP) is 2.77. The molecule has 1 fully saturated rings. The van der Waals surface area contributed by atoms with Gasteiger partial charge >= 0.3 is 0 Å². The first-order valence-corrected chi connectivity index (χ1v) is 8.07. The Balaban J connectivity index is 2.34. The smallest absolute Gasteiger partial charge is 0.256 e. The van der Waals surface area contributed by atoms with Crippen LogP contribution in [-0.2, 0) is 9.53 Å². The van der Waals surface area contributed by atoms with Crippen molar-refractivity contribution in [1.29, 1.82) is 0 Å². The average molecular weight is 304 g/mol. The lowest BCUT2D eigenvalue weighted by Gasteiger charge is -2.32. The molecule has 1 amide bonds. The van der Waals surface area contributed by atoms with Crippen LogP contribution in [-0.4, -0.2) is 50.2 Å². The Labute approximate surface area is 134 Å². The van der Waals surface area contributed by atoms with Crippen LogP contribution in [0.1, 0.15) is 30.9 Å². The van der Waals surface area contributed by atoms with E-state index in [-0.39, 0.29) is 18.1 Å². The third-order valence-electron chi connectivity index (χ3n) is 4.51. The van der Waals surface area contributed by atoms with Gasteiger partial charge < -0.3 is 14.5 Å². The lowest BCUT2D eigenvalue weighted by molar-refractivity contribution is -0.127. The Morgan fingerprint density at radius 1 is 1.32 bits per heavy atom. The van der Waals surface area contributed by atoms with E-state index in [2.05, 4.69) is 37.8 Å². The molecule has 0 aliphatic carbocycles. The van der Waals surface area contributed by atoms with Crippen LogP contribution in [0.2, 0.25) is 0 Å². The maximum absolute atomic E-state index is 13.0. The average Bonchev–Trinajstić information content (AvgIpc) is 2.99. The molecule has 0 radical (unpaired) electrons. The highest BCUT2D eigenvalue weighted by Crippen LogP contribution is 2.27. The molecule has 22 heavy (non-hydrogen) atoms. The molecule has 122 valence electrons. The van der Waals surface area contributed by atoms with Gasteiger partial charge in [0.2, 0.25) is 0 Å². The van der Waals surface area contributed by atoms with Gasteiger partial charge in [-0.1, -0.05) is 18.2 Å². The van der Waals surface area contributed by atoms with E-state index in [1.54, 1.807) is 0 Å². The molecule has 0 spiro atoms. The molecule has 0 aromatic heterocycles. The summed E-state index contributed by atoms with van der Waals surface area (Å²) in [5.41, 5.74) is 3.31. The molecule has 4 nitrogen and oxygen atoms in total. The van der Waals surface area contributed by atoms with E-state index in [1.807, 2.05) is 25.1 Å². The fourth-order valence-electron chi connectivity index (χ4n) is 2.90. The number of carbonyl (C=O) groups is 1. The van der Waals surface area contributed by atoms with Crippen molar-refractivity contribution in [2.75, 3.05) is 32.1 Å². The van der Waals surface area contributed by atoms with Crippen LogP contribution in [0, 0.1) is 13.8 Å². The molecule has 1 unspecified atom stereocenters. The summed E-state index contributed by atoms with van der Waals surface area (Å²) in [7, 11) is 4.09. The second-order valence-electron chi connectivity index (χ2n) is 6.50. The van der Waals surface area contributed by atoms with Crippen molar-refractivity contribution in [3.63, 3.8) is 0 Å². The number of nitrogens with zero attached hydrogens (tertiary/aromatic N) is 2. The highest BCUT2D eigenvalue weighted by atomic mass is 16.5. The number of carbonyl (C=O) groups excluding carboxylic acids is 1. The van der Waals surface area contributed by atoms with Crippen LogP contribution >= 0.6 is 0 Å². The van der Waals surface area contributed by atoms with E-state index in [1.165, 1.54) is 0 Å². The van der Waals surface area contributed by atoms with E-state index in [0.717, 1.165) is 29.7 Å². The van der Waals surface area contributed by atoms with Crippen molar-refractivity contribution in [2.45, 2.75) is 45.8 Å². The van der Waals surface area contributed by atoms with Crippen molar-refractivity contribution in [3.05, 3.63) is 29.3 Å². The van der Waals surface area contributed by atoms with Gasteiger partial charge in [-0.25, -0.2) is 0 Å². The molecule has 1 aromatic carbocycles. The summed E-state index contributed by atoms with van der Waals surface area (Å²) >= 11 is 0. The van der Waals surface area contributed by atoms with Gasteiger partial charge in [-0.05, 0) is 58.8 Å². The summed E-state index contributed by atoms with van der Waals surface area (Å²) in [6, 6.07) is 6.46. The van der Waals surface area contributed by atoms with Crippen LogP contribution < -0.4 is 4.90 Å². The minimum absolute atomic E-state index is 0.101. The first-order chi connectivity index (χ1) is 10.4. The number of benzene rings is 1. The fraction of sp³-hybridized carbons (Fsp3) is 0.611. The number of para-hydroxylation sites is 1. The maximum atomic E-state index is 13.0. The molecule has 1 heterocycles. The lowest BCUT2D eigenvalue weighted by atomic mass is 10.1. The van der Waals surface area contributed by atoms with Gasteiger partial charge in [0.1, 0.15) is 6.10 Å². The van der Waals surface area contributed by atoms with Crippen molar-refractivity contribution in [2.24, 2.45) is 0 Å². The molecule has 4 heteroatoms. The molecule has 1 aliphatic heterocycles. The summed E-state index contributed by atoms with van der Waals surface area (Å²) in [6.45, 7) is 7.65. The van der Waals surface area contributed by atoms with Gasteiger partial charge in [0.25, 0.3) is 5.91 Å². The summed E-state index contributed by atoms with van der Waals surface area (Å²) in [4.78, 5) is 17.1. The summed E-state index contributed by atoms with van der Waals surface area (Å²) < 4.78 is 5.63. The second-order valence-corrected chi connectivity index (χ2v) is 6.50. The number of aryl methyl sites for hydroxylation is 2. The number of ether oxygens (including phenoxy) is 1. The van der Waals surface area contributed by atoms with Crippen LogP contribution in [0.25, 0.3) is 0 Å². The van der Waals surface area contributed by atoms with E-state index in [4.69, 9.17) is 4.74 Å². The van der Waals surface area contributed by atoms with E-state index in [0.29, 0.717) is 13.2 Å². The van der Waals surface area contributed by atoms with Crippen LogP contribution in [0.3, 0.4) is 0 Å². The monoisotopic (exact) mass is 304 g/mol. The highest BCUT2D eigenvalue weighted by Gasteiger charge is 2.31. The summed E-state index contributed by atoms with van der Waals surface area (Å²) in [6.07, 6.45) is 1.52. The van der Waals surface area contributed by atoms with Gasteiger partial charge in [0.15, 0.2) is 0 Å². The van der Waals surface area contributed by atoms with Crippen molar-refractivity contribution >= 4 is 11.6 Å². The van der Waals surface area contributed by atoms with E-state index >= 15 is 0 Å². The van der Waals surface area contributed by atoms with Gasteiger partial charge in [-0.15, -0.1) is 0 Å². The van der Waals surface area contributed by atoms with E-state index < -0.39 is 0 Å². The maximum Gasteiger partial charge on any atom is 0.256 e. The SMILES string of the molecule is Cc1cccc(C)c1N(CC(C)N(C)C)C(=O)[C@H]1CCCO1. The van der Waals surface area contributed by atoms with Gasteiger partial charge in [-0.3, -0.25) is 4.79 Å². The van der Waals surface area contributed by atoms with E-state index in [9.17, 15) is 4.79 Å². The topological polar surface area (TPSA) is 32.8 Å². The number of amides is 1. The minimum atomic E-state index is -0.284. The number of rotatable bonds is 5. The van der Waals surface area contributed by atoms with Crippen molar-refractivity contribution < 1.29 is 9.53 Å². The first-order valence-electron chi connectivity index (χ1n) is 8.07. The molecule has 2 rings (SSSR count). The quantitative estimate of drug-likeness (QED) is 0.838. The third-order valence-corrected chi connectivity index (χ3v) is 4.51. The number of anilines is 1. The Bertz CT molecular complexity index is 502. The largest absolute Gasteiger partial charge is 0.368 e. The molecular weight excluding hydrogens is 276 g/mol. The molecule has 2 atom stereocenters. The second kappa shape index (κ2) is 7.25. The number of hydrogen-bond donors (Lipinski definition) is 0. The predicted molar refractivity (Wildman–Crippen MR) is 90.4 cm³/mol.